The van der Waals surface area contributed by atoms with Crippen LogP contribution in [0.1, 0.15) is 17.0 Å². The third-order valence-corrected chi connectivity index (χ3v) is 3.05. The number of likely N-dealkylation sites (N-methyl/N-ethyl adjacent to an activating group) is 1. The third-order valence-electron chi connectivity index (χ3n) is 3.05. The Bertz CT molecular complexity index is 499. The average Bonchev–Trinajstić information content (AvgIpc) is 2.57. The Morgan fingerprint density at radius 2 is 1.23 bits per heavy atom. The molecule has 0 radical (unpaired) electrons. The lowest BCUT2D eigenvalue weighted by molar-refractivity contribution is -0.129. The number of hydrogen-bond acceptors (Lipinski definition) is 3. The lowest BCUT2D eigenvalue weighted by atomic mass is 9.90. The molecule has 0 saturated heterocycles. The van der Waals surface area contributed by atoms with Crippen molar-refractivity contribution in [3.63, 3.8) is 0 Å². The van der Waals surface area contributed by atoms with Crippen molar-refractivity contribution in [2.75, 3.05) is 27.3 Å². The molecule has 0 heterocycles. The Balaban J connectivity index is 0.000000541. The third kappa shape index (κ3) is 5.31. The molecule has 0 saturated carbocycles. The highest BCUT2D eigenvalue weighted by Crippen LogP contribution is 2.25. The maximum absolute atomic E-state index is 12.4. The van der Waals surface area contributed by atoms with Crippen LogP contribution in [0, 0.1) is 0 Å². The molecule has 2 aromatic rings. The summed E-state index contributed by atoms with van der Waals surface area (Å²) in [4.78, 5) is 14.0. The van der Waals surface area contributed by atoms with Crippen LogP contribution in [0.15, 0.2) is 60.7 Å². The van der Waals surface area contributed by atoms with Crippen molar-refractivity contribution in [2.24, 2.45) is 0 Å². The van der Waals surface area contributed by atoms with Gasteiger partial charge in [-0.25, -0.2) is 0 Å². The molecule has 0 aromatic heterocycles. The number of hydrogen-bond donors (Lipinski definition) is 2. The predicted octanol–water partition coefficient (Wildman–Crippen LogP) is 1.88. The summed E-state index contributed by atoms with van der Waals surface area (Å²) in [5.41, 5.74) is 2.06. The molecule has 4 nitrogen and oxygen atoms in total. The van der Waals surface area contributed by atoms with Gasteiger partial charge in [-0.2, -0.15) is 0 Å². The fourth-order valence-electron chi connectivity index (χ4n) is 2.03. The number of carbonyl (C=O) groups is 1. The van der Waals surface area contributed by atoms with E-state index in [2.05, 4.69) is 0 Å². The minimum atomic E-state index is -0.220. The molecule has 22 heavy (non-hydrogen) atoms. The van der Waals surface area contributed by atoms with E-state index in [4.69, 9.17) is 10.2 Å². The molecule has 2 N–H and O–H groups in total. The standard InChI is InChI=1S/C16H17NO.C2H6O2/c1-17(2)16(18)15(13-9-5-3-6-10-13)14-11-7-4-8-12-14;3-1-2-4/h3-12,15H,1-2H3;3-4H,1-2H2. The molecule has 4 heteroatoms. The van der Waals surface area contributed by atoms with Crippen molar-refractivity contribution in [3.8, 4) is 0 Å². The number of aliphatic hydroxyl groups is 2. The zero-order valence-corrected chi connectivity index (χ0v) is 13.0. The van der Waals surface area contributed by atoms with E-state index in [1.54, 1.807) is 19.0 Å². The second-order valence-electron chi connectivity index (χ2n) is 4.93. The zero-order chi connectivity index (χ0) is 16.4. The van der Waals surface area contributed by atoms with Gasteiger partial charge in [-0.1, -0.05) is 60.7 Å². The van der Waals surface area contributed by atoms with Gasteiger partial charge in [0.2, 0.25) is 5.91 Å². The molecule has 0 spiro atoms. The van der Waals surface area contributed by atoms with Gasteiger partial charge in [0.05, 0.1) is 19.1 Å². The van der Waals surface area contributed by atoms with Gasteiger partial charge in [0.25, 0.3) is 0 Å². The van der Waals surface area contributed by atoms with Crippen LogP contribution < -0.4 is 0 Å². The van der Waals surface area contributed by atoms with Crippen LogP contribution in [-0.2, 0) is 4.79 Å². The number of rotatable bonds is 4. The molecule has 1 amide bonds. The van der Waals surface area contributed by atoms with Crippen molar-refractivity contribution < 1.29 is 15.0 Å². The SMILES string of the molecule is CN(C)C(=O)C(c1ccccc1)c1ccccc1.OCCO. The molecular weight excluding hydrogens is 278 g/mol. The highest BCUT2D eigenvalue weighted by Gasteiger charge is 2.23. The molecule has 2 rings (SSSR count). The molecule has 0 bridgehead atoms. The van der Waals surface area contributed by atoms with E-state index in [1.165, 1.54) is 0 Å². The molecule has 118 valence electrons. The summed E-state index contributed by atoms with van der Waals surface area (Å²) < 4.78 is 0. The molecule has 0 aliphatic carbocycles. The summed E-state index contributed by atoms with van der Waals surface area (Å²) in [5.74, 6) is -0.116. The van der Waals surface area contributed by atoms with Crippen LogP contribution in [-0.4, -0.2) is 48.3 Å². The first kappa shape index (κ1) is 17.9. The monoisotopic (exact) mass is 301 g/mol. The van der Waals surface area contributed by atoms with Crippen LogP contribution in [0.5, 0.6) is 0 Å². The Hall–Kier alpha value is -2.17. The quantitative estimate of drug-likeness (QED) is 0.906. The van der Waals surface area contributed by atoms with E-state index in [0.717, 1.165) is 11.1 Å². The predicted molar refractivity (Wildman–Crippen MR) is 87.6 cm³/mol. The Morgan fingerprint density at radius 3 is 1.50 bits per heavy atom. The molecule has 0 aliphatic rings. The molecule has 0 aliphatic heterocycles. The highest BCUT2D eigenvalue weighted by atomic mass is 16.3. The molecule has 0 fully saturated rings. The van der Waals surface area contributed by atoms with Gasteiger partial charge < -0.3 is 15.1 Å². The van der Waals surface area contributed by atoms with Crippen LogP contribution in [0.25, 0.3) is 0 Å². The van der Waals surface area contributed by atoms with Crippen LogP contribution in [0.2, 0.25) is 0 Å². The number of carbonyl (C=O) groups excluding carboxylic acids is 1. The number of amides is 1. The first-order valence-corrected chi connectivity index (χ1v) is 7.14. The molecule has 2 aromatic carbocycles. The molecule has 0 unspecified atom stereocenters. The highest BCUT2D eigenvalue weighted by molar-refractivity contribution is 5.86. The van der Waals surface area contributed by atoms with Gasteiger partial charge in [-0.05, 0) is 11.1 Å². The van der Waals surface area contributed by atoms with Crippen LogP contribution >= 0.6 is 0 Å². The molecule has 0 atom stereocenters. The summed E-state index contributed by atoms with van der Waals surface area (Å²) in [6.45, 7) is -0.250. The second-order valence-corrected chi connectivity index (χ2v) is 4.93. The van der Waals surface area contributed by atoms with E-state index < -0.39 is 0 Å². The average molecular weight is 301 g/mol. The van der Waals surface area contributed by atoms with E-state index in [9.17, 15) is 4.79 Å². The van der Waals surface area contributed by atoms with E-state index >= 15 is 0 Å². The zero-order valence-electron chi connectivity index (χ0n) is 13.0. The van der Waals surface area contributed by atoms with Gasteiger partial charge in [0.15, 0.2) is 0 Å². The van der Waals surface area contributed by atoms with E-state index in [-0.39, 0.29) is 25.0 Å². The smallest absolute Gasteiger partial charge is 0.234 e. The summed E-state index contributed by atoms with van der Waals surface area (Å²) >= 11 is 0. The number of aliphatic hydroxyl groups excluding tert-OH is 2. The Labute approximate surface area is 131 Å². The van der Waals surface area contributed by atoms with Crippen molar-refractivity contribution in [1.29, 1.82) is 0 Å². The normalized spacial score (nSPS) is 9.86. The van der Waals surface area contributed by atoms with Crippen molar-refractivity contribution in [2.45, 2.75) is 5.92 Å². The first-order chi connectivity index (χ1) is 10.6. The maximum Gasteiger partial charge on any atom is 0.234 e. The number of benzene rings is 2. The van der Waals surface area contributed by atoms with Gasteiger partial charge in [-0.3, -0.25) is 4.79 Å². The second kappa shape index (κ2) is 9.71. The fourth-order valence-corrected chi connectivity index (χ4v) is 2.03. The summed E-state index contributed by atoms with van der Waals surface area (Å²) in [6.07, 6.45) is 0. The Kier molecular flexibility index (Phi) is 7.89. The van der Waals surface area contributed by atoms with Crippen molar-refractivity contribution in [3.05, 3.63) is 71.8 Å². The van der Waals surface area contributed by atoms with Crippen molar-refractivity contribution in [1.82, 2.24) is 4.90 Å². The minimum Gasteiger partial charge on any atom is -0.394 e. The lowest BCUT2D eigenvalue weighted by Gasteiger charge is -2.21. The van der Waals surface area contributed by atoms with Crippen LogP contribution in [0.3, 0.4) is 0 Å². The van der Waals surface area contributed by atoms with Gasteiger partial charge >= 0.3 is 0 Å². The summed E-state index contributed by atoms with van der Waals surface area (Å²) in [6, 6.07) is 19.8. The van der Waals surface area contributed by atoms with Crippen molar-refractivity contribution >= 4 is 5.91 Å². The van der Waals surface area contributed by atoms with Gasteiger partial charge in [-0.15, -0.1) is 0 Å². The summed E-state index contributed by atoms with van der Waals surface area (Å²) in [7, 11) is 3.59. The largest absolute Gasteiger partial charge is 0.394 e. The molecular formula is C18H23NO3. The minimum absolute atomic E-state index is 0.104. The maximum atomic E-state index is 12.4. The van der Waals surface area contributed by atoms with E-state index in [1.807, 2.05) is 60.7 Å². The number of nitrogens with zero attached hydrogens (tertiary/aromatic N) is 1. The fraction of sp³-hybridized carbons (Fsp3) is 0.278. The summed E-state index contributed by atoms with van der Waals surface area (Å²) in [5, 5.41) is 15.2. The Morgan fingerprint density at radius 1 is 0.864 bits per heavy atom. The topological polar surface area (TPSA) is 60.8 Å². The lowest BCUT2D eigenvalue weighted by Crippen LogP contribution is -2.28. The van der Waals surface area contributed by atoms with Gasteiger partial charge in [0, 0.05) is 14.1 Å². The van der Waals surface area contributed by atoms with Gasteiger partial charge in [0.1, 0.15) is 0 Å². The van der Waals surface area contributed by atoms with E-state index in [0.29, 0.717) is 0 Å². The first-order valence-electron chi connectivity index (χ1n) is 7.14. The van der Waals surface area contributed by atoms with Crippen LogP contribution in [0.4, 0.5) is 0 Å².